The summed E-state index contributed by atoms with van der Waals surface area (Å²) in [5.74, 6) is -0.599. The minimum atomic E-state index is -4.00. The lowest BCUT2D eigenvalue weighted by Gasteiger charge is -2.36. The maximum atomic E-state index is 14.1. The Hall–Kier alpha value is -3.10. The number of nitrogens with one attached hydrogen (secondary N) is 1. The van der Waals surface area contributed by atoms with Gasteiger partial charge in [0, 0.05) is 37.4 Å². The molecule has 1 amide bonds. The minimum absolute atomic E-state index is 0.0241. The number of rotatable bonds is 5. The summed E-state index contributed by atoms with van der Waals surface area (Å²) in [6.45, 7) is 3.58. The number of aryl methyl sites for hydroxylation is 1. The highest BCUT2D eigenvalue weighted by atomic mass is 35.5. The van der Waals surface area contributed by atoms with Crippen molar-refractivity contribution in [1.82, 2.24) is 4.90 Å². The lowest BCUT2D eigenvalue weighted by molar-refractivity contribution is 0.0746. The average molecular weight is 488 g/mol. The van der Waals surface area contributed by atoms with Crippen LogP contribution in [0, 0.1) is 12.7 Å². The molecule has 0 saturated carbocycles. The quantitative estimate of drug-likeness (QED) is 0.573. The van der Waals surface area contributed by atoms with Gasteiger partial charge in [-0.1, -0.05) is 35.9 Å². The van der Waals surface area contributed by atoms with Crippen LogP contribution in [-0.4, -0.2) is 45.4 Å². The van der Waals surface area contributed by atoms with E-state index in [0.29, 0.717) is 37.6 Å². The fourth-order valence-corrected chi connectivity index (χ4v) is 5.38. The van der Waals surface area contributed by atoms with Gasteiger partial charge in [-0.15, -0.1) is 0 Å². The van der Waals surface area contributed by atoms with Gasteiger partial charge in [-0.25, -0.2) is 12.8 Å². The number of carbonyl (C=O) groups is 1. The molecule has 3 aromatic carbocycles. The van der Waals surface area contributed by atoms with Gasteiger partial charge in [0.2, 0.25) is 0 Å². The molecule has 0 aliphatic carbocycles. The lowest BCUT2D eigenvalue weighted by atomic mass is 10.1. The first kappa shape index (κ1) is 23.1. The number of anilines is 2. The molecule has 172 valence electrons. The molecule has 0 aromatic heterocycles. The zero-order valence-electron chi connectivity index (χ0n) is 18.0. The second-order valence-corrected chi connectivity index (χ2v) is 9.91. The lowest BCUT2D eigenvalue weighted by Crippen LogP contribution is -2.49. The Morgan fingerprint density at radius 3 is 2.39 bits per heavy atom. The Kier molecular flexibility index (Phi) is 6.58. The zero-order valence-corrected chi connectivity index (χ0v) is 19.5. The normalized spacial score (nSPS) is 14.3. The molecule has 0 spiro atoms. The summed E-state index contributed by atoms with van der Waals surface area (Å²) in [6.07, 6.45) is 0. The number of nitrogens with zero attached hydrogens (tertiary/aromatic N) is 2. The number of sulfonamides is 1. The molecule has 33 heavy (non-hydrogen) atoms. The van der Waals surface area contributed by atoms with Gasteiger partial charge in [0.1, 0.15) is 10.7 Å². The Balaban J connectivity index is 1.50. The summed E-state index contributed by atoms with van der Waals surface area (Å²) >= 11 is 6.18. The van der Waals surface area contributed by atoms with Gasteiger partial charge in [0.15, 0.2) is 0 Å². The van der Waals surface area contributed by atoms with Crippen molar-refractivity contribution >= 4 is 38.9 Å². The largest absolute Gasteiger partial charge is 0.366 e. The first-order chi connectivity index (χ1) is 15.7. The molecule has 1 aliphatic rings. The number of carbonyl (C=O) groups excluding carboxylic acids is 1. The number of benzene rings is 3. The van der Waals surface area contributed by atoms with Crippen LogP contribution in [0.15, 0.2) is 71.6 Å². The summed E-state index contributed by atoms with van der Waals surface area (Å²) < 4.78 is 42.5. The molecular formula is C24H23ClFN3O3S. The molecule has 1 fully saturated rings. The van der Waals surface area contributed by atoms with Crippen LogP contribution < -0.4 is 9.62 Å². The van der Waals surface area contributed by atoms with Crippen LogP contribution in [0.1, 0.15) is 15.9 Å². The molecule has 1 heterocycles. The highest BCUT2D eigenvalue weighted by Gasteiger charge is 2.26. The number of hydrogen-bond acceptors (Lipinski definition) is 4. The molecule has 1 N–H and O–H groups in total. The van der Waals surface area contributed by atoms with E-state index in [1.54, 1.807) is 41.3 Å². The Morgan fingerprint density at radius 2 is 1.70 bits per heavy atom. The first-order valence-electron chi connectivity index (χ1n) is 10.4. The first-order valence-corrected chi connectivity index (χ1v) is 12.3. The van der Waals surface area contributed by atoms with Crippen molar-refractivity contribution < 1.29 is 17.6 Å². The van der Waals surface area contributed by atoms with Crippen LogP contribution in [-0.2, 0) is 10.0 Å². The predicted molar refractivity (Wildman–Crippen MR) is 128 cm³/mol. The van der Waals surface area contributed by atoms with Crippen molar-refractivity contribution in [3.8, 4) is 0 Å². The fraction of sp³-hybridized carbons (Fsp3) is 0.208. The Labute approximate surface area is 197 Å². The summed E-state index contributed by atoms with van der Waals surface area (Å²) in [5.41, 5.74) is 2.04. The highest BCUT2D eigenvalue weighted by Crippen LogP contribution is 2.27. The number of halogens is 2. The van der Waals surface area contributed by atoms with Gasteiger partial charge in [0.05, 0.1) is 10.7 Å². The molecule has 0 bridgehead atoms. The summed E-state index contributed by atoms with van der Waals surface area (Å²) in [4.78, 5) is 16.4. The van der Waals surface area contributed by atoms with Crippen LogP contribution in [0.4, 0.5) is 15.8 Å². The molecule has 1 saturated heterocycles. The monoisotopic (exact) mass is 487 g/mol. The summed E-state index contributed by atoms with van der Waals surface area (Å²) in [5, 5.41) is 0.0241. The highest BCUT2D eigenvalue weighted by molar-refractivity contribution is 7.92. The molecule has 0 radical (unpaired) electrons. The van der Waals surface area contributed by atoms with Crippen LogP contribution >= 0.6 is 11.6 Å². The average Bonchev–Trinajstić information content (AvgIpc) is 2.79. The van der Waals surface area contributed by atoms with E-state index in [9.17, 15) is 17.6 Å². The van der Waals surface area contributed by atoms with Crippen molar-refractivity contribution in [2.45, 2.75) is 11.8 Å². The molecular weight excluding hydrogens is 465 g/mol. The Bertz CT molecular complexity index is 1290. The summed E-state index contributed by atoms with van der Waals surface area (Å²) in [6, 6.07) is 17.7. The summed E-state index contributed by atoms with van der Waals surface area (Å²) in [7, 11) is -4.00. The van der Waals surface area contributed by atoms with E-state index in [1.165, 1.54) is 24.3 Å². The molecule has 0 unspecified atom stereocenters. The third-order valence-electron chi connectivity index (χ3n) is 5.50. The molecule has 6 nitrogen and oxygen atoms in total. The van der Waals surface area contributed by atoms with Crippen molar-refractivity contribution in [2.24, 2.45) is 0 Å². The van der Waals surface area contributed by atoms with Crippen LogP contribution in [0.3, 0.4) is 0 Å². The van der Waals surface area contributed by atoms with E-state index in [2.05, 4.69) is 4.72 Å². The standard InChI is InChI=1S/C24H23ClFN3O3S/c1-17-5-4-6-19(15-17)27-33(31,32)23-16-18(9-10-20(23)25)24(30)29-13-11-28(12-14-29)22-8-3-2-7-21(22)26/h2-10,15-16,27H,11-14H2,1H3. The van der Waals surface area contributed by atoms with Gasteiger partial charge in [0.25, 0.3) is 15.9 Å². The van der Waals surface area contributed by atoms with E-state index < -0.39 is 10.0 Å². The molecule has 9 heteroatoms. The van der Waals surface area contributed by atoms with Crippen LogP contribution in [0.25, 0.3) is 0 Å². The van der Waals surface area contributed by atoms with Crippen LogP contribution in [0.5, 0.6) is 0 Å². The van der Waals surface area contributed by atoms with E-state index >= 15 is 0 Å². The van der Waals surface area contributed by atoms with E-state index in [-0.39, 0.29) is 27.2 Å². The topological polar surface area (TPSA) is 69.7 Å². The second kappa shape index (κ2) is 9.41. The number of hydrogen-bond donors (Lipinski definition) is 1. The van der Waals surface area contributed by atoms with Gasteiger partial charge in [-0.2, -0.15) is 0 Å². The van der Waals surface area contributed by atoms with Crippen LogP contribution in [0.2, 0.25) is 5.02 Å². The van der Waals surface area contributed by atoms with Crippen molar-refractivity contribution in [3.05, 3.63) is 88.7 Å². The zero-order chi connectivity index (χ0) is 23.6. The van der Waals surface area contributed by atoms with E-state index in [4.69, 9.17) is 11.6 Å². The van der Waals surface area contributed by atoms with Crippen molar-refractivity contribution in [3.63, 3.8) is 0 Å². The maximum Gasteiger partial charge on any atom is 0.263 e. The molecule has 3 aromatic rings. The molecule has 0 atom stereocenters. The molecule has 4 rings (SSSR count). The second-order valence-electron chi connectivity index (χ2n) is 7.85. The smallest absolute Gasteiger partial charge is 0.263 e. The van der Waals surface area contributed by atoms with E-state index in [0.717, 1.165) is 5.56 Å². The van der Waals surface area contributed by atoms with Gasteiger partial charge < -0.3 is 9.80 Å². The third-order valence-corrected chi connectivity index (χ3v) is 7.36. The van der Waals surface area contributed by atoms with Gasteiger partial charge in [-0.3, -0.25) is 9.52 Å². The van der Waals surface area contributed by atoms with Gasteiger partial charge in [-0.05, 0) is 55.0 Å². The van der Waals surface area contributed by atoms with Gasteiger partial charge >= 0.3 is 0 Å². The third kappa shape index (κ3) is 5.12. The van der Waals surface area contributed by atoms with Crippen molar-refractivity contribution in [2.75, 3.05) is 35.8 Å². The number of para-hydroxylation sites is 1. The minimum Gasteiger partial charge on any atom is -0.366 e. The predicted octanol–water partition coefficient (Wildman–Crippen LogP) is 4.55. The van der Waals surface area contributed by atoms with E-state index in [1.807, 2.05) is 17.9 Å². The number of piperazine rings is 1. The Morgan fingerprint density at radius 1 is 0.970 bits per heavy atom. The molecule has 1 aliphatic heterocycles. The maximum absolute atomic E-state index is 14.1. The van der Waals surface area contributed by atoms with Crippen molar-refractivity contribution in [1.29, 1.82) is 0 Å². The SMILES string of the molecule is Cc1cccc(NS(=O)(=O)c2cc(C(=O)N3CCN(c4ccccc4F)CC3)ccc2Cl)c1. The fourth-order valence-electron chi connectivity index (χ4n) is 3.80. The number of amides is 1.